The summed E-state index contributed by atoms with van der Waals surface area (Å²) in [5.41, 5.74) is 1.64. The van der Waals surface area contributed by atoms with E-state index in [0.29, 0.717) is 36.3 Å². The molecule has 1 aliphatic carbocycles. The number of esters is 1. The third kappa shape index (κ3) is 4.83. The molecule has 0 amide bonds. The van der Waals surface area contributed by atoms with Gasteiger partial charge in [-0.2, -0.15) is 0 Å². The first-order chi connectivity index (χ1) is 13.5. The molecular weight excluding hydrogens is 355 g/mol. The molecule has 0 N–H and O–H groups in total. The Kier molecular flexibility index (Phi) is 7.28. The molecule has 1 aromatic carbocycles. The summed E-state index contributed by atoms with van der Waals surface area (Å²) >= 11 is 0. The Hall–Kier alpha value is -1.68. The standard InChI is InChI=1S/C24H33FO3/c1-4-6-18-9-13-22(27-15-18)24(26)28-21-14-12-20(16(3)23(21)25)19-10-7-17(5-2)8-11-19/h5,12,14,17-19,22H,2,4,6-11,13,15H2,1,3H3. The molecule has 0 bridgehead atoms. The Morgan fingerprint density at radius 3 is 2.61 bits per heavy atom. The first kappa shape index (κ1) is 21.0. The molecule has 1 aliphatic heterocycles. The van der Waals surface area contributed by atoms with Gasteiger partial charge in [0.2, 0.25) is 0 Å². The maximum atomic E-state index is 14.9. The van der Waals surface area contributed by atoms with Crippen molar-refractivity contribution < 1.29 is 18.7 Å². The highest BCUT2D eigenvalue weighted by atomic mass is 19.1. The number of halogens is 1. The summed E-state index contributed by atoms with van der Waals surface area (Å²) < 4.78 is 26.0. The van der Waals surface area contributed by atoms with Crippen LogP contribution in [0.4, 0.5) is 4.39 Å². The Morgan fingerprint density at radius 1 is 1.25 bits per heavy atom. The van der Waals surface area contributed by atoms with Gasteiger partial charge in [0.15, 0.2) is 17.7 Å². The van der Waals surface area contributed by atoms with Crippen molar-refractivity contribution in [2.45, 2.75) is 77.2 Å². The fourth-order valence-electron chi connectivity index (χ4n) is 4.66. The lowest BCUT2D eigenvalue weighted by atomic mass is 9.77. The van der Waals surface area contributed by atoms with E-state index in [1.165, 1.54) is 0 Å². The van der Waals surface area contributed by atoms with E-state index in [1.807, 2.05) is 12.1 Å². The van der Waals surface area contributed by atoms with Crippen molar-refractivity contribution in [3.8, 4) is 5.75 Å². The lowest BCUT2D eigenvalue weighted by Crippen LogP contribution is -2.35. The van der Waals surface area contributed by atoms with Crippen molar-refractivity contribution >= 4 is 5.97 Å². The SMILES string of the molecule is C=CC1CCC(c2ccc(OC(=O)C3CCC(CCC)CO3)c(F)c2C)CC1. The van der Waals surface area contributed by atoms with Crippen molar-refractivity contribution in [1.82, 2.24) is 0 Å². The highest BCUT2D eigenvalue weighted by molar-refractivity contribution is 5.77. The second-order valence-corrected chi connectivity index (χ2v) is 8.41. The van der Waals surface area contributed by atoms with E-state index in [1.54, 1.807) is 13.0 Å². The van der Waals surface area contributed by atoms with Gasteiger partial charge in [0.25, 0.3) is 0 Å². The normalized spacial score (nSPS) is 28.0. The second kappa shape index (κ2) is 9.69. The number of ether oxygens (including phenoxy) is 2. The van der Waals surface area contributed by atoms with Crippen molar-refractivity contribution in [2.24, 2.45) is 11.8 Å². The fourth-order valence-corrected chi connectivity index (χ4v) is 4.66. The number of hydrogen-bond donors (Lipinski definition) is 0. The Balaban J connectivity index is 1.61. The molecule has 2 aliphatic rings. The minimum absolute atomic E-state index is 0.0188. The molecule has 2 atom stereocenters. The van der Waals surface area contributed by atoms with E-state index < -0.39 is 17.9 Å². The van der Waals surface area contributed by atoms with E-state index in [9.17, 15) is 9.18 Å². The van der Waals surface area contributed by atoms with E-state index in [2.05, 4.69) is 13.5 Å². The second-order valence-electron chi connectivity index (χ2n) is 8.41. The number of allylic oxidation sites excluding steroid dienone is 1. The van der Waals surface area contributed by atoms with Gasteiger partial charge in [-0.1, -0.05) is 25.5 Å². The molecule has 28 heavy (non-hydrogen) atoms. The van der Waals surface area contributed by atoms with Gasteiger partial charge in [0, 0.05) is 0 Å². The van der Waals surface area contributed by atoms with Crippen molar-refractivity contribution in [2.75, 3.05) is 6.61 Å². The maximum absolute atomic E-state index is 14.9. The Morgan fingerprint density at radius 2 is 2.00 bits per heavy atom. The predicted molar refractivity (Wildman–Crippen MR) is 109 cm³/mol. The number of rotatable bonds is 6. The summed E-state index contributed by atoms with van der Waals surface area (Å²) in [5.74, 6) is 0.583. The molecule has 4 heteroatoms. The third-order valence-corrected chi connectivity index (χ3v) is 6.48. The van der Waals surface area contributed by atoms with Crippen LogP contribution in [0.2, 0.25) is 0 Å². The van der Waals surface area contributed by atoms with E-state index >= 15 is 0 Å². The minimum Gasteiger partial charge on any atom is -0.421 e. The van der Waals surface area contributed by atoms with Gasteiger partial charge >= 0.3 is 5.97 Å². The molecule has 3 rings (SSSR count). The van der Waals surface area contributed by atoms with Crippen LogP contribution in [-0.4, -0.2) is 18.7 Å². The molecule has 0 spiro atoms. The molecule has 1 saturated carbocycles. The minimum atomic E-state index is -0.582. The number of benzene rings is 1. The summed E-state index contributed by atoms with van der Waals surface area (Å²) in [6.45, 7) is 8.41. The van der Waals surface area contributed by atoms with Crippen LogP contribution in [0.1, 0.15) is 75.3 Å². The van der Waals surface area contributed by atoms with E-state index in [-0.39, 0.29) is 5.75 Å². The molecule has 2 fully saturated rings. The lowest BCUT2D eigenvalue weighted by Gasteiger charge is -2.29. The van der Waals surface area contributed by atoms with Crippen LogP contribution in [0.3, 0.4) is 0 Å². The first-order valence-corrected chi connectivity index (χ1v) is 10.8. The number of carbonyl (C=O) groups excluding carboxylic acids is 1. The zero-order chi connectivity index (χ0) is 20.1. The van der Waals surface area contributed by atoms with Gasteiger partial charge in [-0.05, 0) is 86.8 Å². The summed E-state index contributed by atoms with van der Waals surface area (Å²) in [6.07, 6.45) is 9.59. The monoisotopic (exact) mass is 388 g/mol. The largest absolute Gasteiger partial charge is 0.421 e. The highest BCUT2D eigenvalue weighted by Crippen LogP contribution is 2.39. The van der Waals surface area contributed by atoms with Gasteiger partial charge in [-0.15, -0.1) is 6.58 Å². The van der Waals surface area contributed by atoms with Gasteiger partial charge < -0.3 is 9.47 Å². The summed E-state index contributed by atoms with van der Waals surface area (Å²) in [4.78, 5) is 12.4. The molecule has 3 nitrogen and oxygen atoms in total. The summed E-state index contributed by atoms with van der Waals surface area (Å²) in [6, 6.07) is 3.54. The third-order valence-electron chi connectivity index (χ3n) is 6.48. The topological polar surface area (TPSA) is 35.5 Å². The summed E-state index contributed by atoms with van der Waals surface area (Å²) in [7, 11) is 0. The Labute approximate surface area is 168 Å². The smallest absolute Gasteiger partial charge is 0.340 e. The molecule has 0 aromatic heterocycles. The molecule has 1 aromatic rings. The van der Waals surface area contributed by atoms with Crippen molar-refractivity contribution in [1.29, 1.82) is 0 Å². The van der Waals surface area contributed by atoms with Crippen LogP contribution in [0.5, 0.6) is 5.75 Å². The van der Waals surface area contributed by atoms with Crippen LogP contribution >= 0.6 is 0 Å². The Bertz CT molecular complexity index is 683. The van der Waals surface area contributed by atoms with Crippen LogP contribution in [0, 0.1) is 24.6 Å². The molecule has 1 saturated heterocycles. The molecule has 154 valence electrons. The van der Waals surface area contributed by atoms with Crippen LogP contribution in [-0.2, 0) is 9.53 Å². The van der Waals surface area contributed by atoms with Crippen molar-refractivity contribution in [3.63, 3.8) is 0 Å². The molecule has 2 unspecified atom stereocenters. The molecule has 1 heterocycles. The average molecular weight is 389 g/mol. The van der Waals surface area contributed by atoms with Gasteiger partial charge in [-0.25, -0.2) is 9.18 Å². The highest BCUT2D eigenvalue weighted by Gasteiger charge is 2.30. The predicted octanol–water partition coefficient (Wildman–Crippen LogP) is 6.09. The van der Waals surface area contributed by atoms with Crippen LogP contribution < -0.4 is 4.74 Å². The van der Waals surface area contributed by atoms with E-state index in [0.717, 1.165) is 50.5 Å². The maximum Gasteiger partial charge on any atom is 0.340 e. The number of hydrogen-bond acceptors (Lipinski definition) is 3. The van der Waals surface area contributed by atoms with Crippen LogP contribution in [0.15, 0.2) is 24.8 Å². The van der Waals surface area contributed by atoms with Gasteiger partial charge in [-0.3, -0.25) is 0 Å². The first-order valence-electron chi connectivity index (χ1n) is 10.8. The average Bonchev–Trinajstić information content (AvgIpc) is 2.72. The van der Waals surface area contributed by atoms with Gasteiger partial charge in [0.1, 0.15) is 0 Å². The number of carbonyl (C=O) groups is 1. The fraction of sp³-hybridized carbons (Fsp3) is 0.625. The molecular formula is C24H33FO3. The zero-order valence-electron chi connectivity index (χ0n) is 17.2. The van der Waals surface area contributed by atoms with Crippen molar-refractivity contribution in [3.05, 3.63) is 41.7 Å². The zero-order valence-corrected chi connectivity index (χ0v) is 17.2. The quantitative estimate of drug-likeness (QED) is 0.336. The van der Waals surface area contributed by atoms with E-state index in [4.69, 9.17) is 9.47 Å². The van der Waals surface area contributed by atoms with Crippen LogP contribution in [0.25, 0.3) is 0 Å². The molecule has 0 radical (unpaired) electrons. The summed E-state index contributed by atoms with van der Waals surface area (Å²) in [5, 5.41) is 0. The van der Waals surface area contributed by atoms with Gasteiger partial charge in [0.05, 0.1) is 6.61 Å². The lowest BCUT2D eigenvalue weighted by molar-refractivity contribution is -0.152.